The van der Waals surface area contributed by atoms with E-state index in [0.717, 1.165) is 12.1 Å². The van der Waals surface area contributed by atoms with Crippen LogP contribution in [0.15, 0.2) is 40.4 Å². The largest absolute Gasteiger partial charge is 0.279 e. The van der Waals surface area contributed by atoms with Gasteiger partial charge in [0.15, 0.2) is 5.03 Å². The van der Waals surface area contributed by atoms with Gasteiger partial charge in [-0.05, 0) is 24.3 Å². The molecule has 11 heteroatoms. The average Bonchev–Trinajstić information content (AvgIpc) is 2.77. The monoisotopic (exact) mass is 350 g/mol. The lowest BCUT2D eigenvalue weighted by atomic mass is 10.3. The van der Waals surface area contributed by atoms with E-state index in [1.165, 1.54) is 30.1 Å². The molecule has 0 aliphatic heterocycles. The third-order valence-corrected chi connectivity index (χ3v) is 5.23. The Morgan fingerprint density at radius 2 is 1.90 bits per heavy atom. The molecule has 2 aromatic rings. The summed E-state index contributed by atoms with van der Waals surface area (Å²) < 4.78 is 50.1. The Kier molecular flexibility index (Phi) is 3.97. The van der Waals surface area contributed by atoms with Gasteiger partial charge in [-0.3, -0.25) is 9.40 Å². The topological polar surface area (TPSA) is 124 Å². The molecule has 0 saturated carbocycles. The lowest BCUT2D eigenvalue weighted by Gasteiger charge is -2.10. The van der Waals surface area contributed by atoms with Crippen LogP contribution in [0.2, 0.25) is 5.02 Å². The van der Waals surface area contributed by atoms with Crippen LogP contribution in [0.25, 0.3) is 0 Å². The average molecular weight is 351 g/mol. The Hall–Kier alpha value is -1.62. The minimum Gasteiger partial charge on any atom is -0.277 e. The van der Waals surface area contributed by atoms with Crippen LogP contribution in [-0.4, -0.2) is 26.6 Å². The number of nitrogens with two attached hydrogens (primary N) is 1. The molecule has 0 unspecified atom stereocenters. The molecule has 0 atom stereocenters. The molecule has 0 fully saturated rings. The van der Waals surface area contributed by atoms with Crippen molar-refractivity contribution in [1.82, 2.24) is 9.78 Å². The van der Waals surface area contributed by atoms with Crippen molar-refractivity contribution in [3.05, 3.63) is 35.5 Å². The Labute approximate surface area is 126 Å². The van der Waals surface area contributed by atoms with Gasteiger partial charge in [-0.25, -0.2) is 13.6 Å². The number of sulfonamides is 2. The van der Waals surface area contributed by atoms with Crippen molar-refractivity contribution in [2.24, 2.45) is 12.2 Å². The first-order valence-corrected chi connectivity index (χ1v) is 8.85. The fourth-order valence-electron chi connectivity index (χ4n) is 1.58. The summed E-state index contributed by atoms with van der Waals surface area (Å²) in [6.07, 6.45) is 1.33. The number of aryl methyl sites for hydroxylation is 1. The number of benzene rings is 1. The van der Waals surface area contributed by atoms with Crippen LogP contribution < -0.4 is 9.86 Å². The first-order chi connectivity index (χ1) is 9.61. The summed E-state index contributed by atoms with van der Waals surface area (Å²) in [5, 5.41) is 8.57. The molecule has 8 nitrogen and oxygen atoms in total. The molecule has 0 aliphatic rings. The Morgan fingerprint density at radius 1 is 1.24 bits per heavy atom. The van der Waals surface area contributed by atoms with Crippen LogP contribution in [-0.2, 0) is 27.1 Å². The van der Waals surface area contributed by atoms with Gasteiger partial charge in [0, 0.05) is 7.05 Å². The molecule has 0 saturated heterocycles. The molecule has 3 N–H and O–H groups in total. The van der Waals surface area contributed by atoms with Gasteiger partial charge in [0.05, 0.1) is 21.8 Å². The zero-order chi connectivity index (χ0) is 15.8. The summed E-state index contributed by atoms with van der Waals surface area (Å²) in [6, 6.07) is 4.76. The lowest BCUT2D eigenvalue weighted by Crippen LogP contribution is -2.17. The Balaban J connectivity index is 2.39. The molecule has 0 spiro atoms. The summed E-state index contributed by atoms with van der Waals surface area (Å²) in [4.78, 5) is -0.212. The first kappa shape index (κ1) is 15.8. The lowest BCUT2D eigenvalue weighted by molar-refractivity contribution is 0.582. The first-order valence-electron chi connectivity index (χ1n) is 5.44. The number of nitrogens with zero attached hydrogens (tertiary/aromatic N) is 2. The van der Waals surface area contributed by atoms with Crippen LogP contribution in [0.4, 0.5) is 5.69 Å². The number of hydrogen-bond donors (Lipinski definition) is 2. The van der Waals surface area contributed by atoms with Crippen molar-refractivity contribution in [3.8, 4) is 0 Å². The highest BCUT2D eigenvalue weighted by Crippen LogP contribution is 2.26. The Morgan fingerprint density at radius 3 is 2.38 bits per heavy atom. The van der Waals surface area contributed by atoms with Gasteiger partial charge in [0.25, 0.3) is 10.0 Å². The molecule has 0 radical (unpaired) electrons. The number of anilines is 1. The minimum absolute atomic E-state index is 0.0327. The van der Waals surface area contributed by atoms with Gasteiger partial charge in [-0.1, -0.05) is 11.6 Å². The van der Waals surface area contributed by atoms with Crippen LogP contribution >= 0.6 is 11.6 Å². The molecule has 1 heterocycles. The molecule has 114 valence electrons. The number of hydrogen-bond acceptors (Lipinski definition) is 5. The summed E-state index contributed by atoms with van der Waals surface area (Å²) >= 11 is 5.87. The number of aromatic nitrogens is 2. The fraction of sp³-hybridized carbons (Fsp3) is 0.100. The zero-order valence-electron chi connectivity index (χ0n) is 10.7. The van der Waals surface area contributed by atoms with Crippen molar-refractivity contribution in [2.75, 3.05) is 4.72 Å². The number of halogens is 1. The predicted octanol–water partition coefficient (Wildman–Crippen LogP) is 0.522. The molecule has 21 heavy (non-hydrogen) atoms. The number of rotatable bonds is 4. The van der Waals surface area contributed by atoms with E-state index in [1.807, 2.05) is 0 Å². The van der Waals surface area contributed by atoms with Gasteiger partial charge in [0.2, 0.25) is 10.0 Å². The van der Waals surface area contributed by atoms with E-state index >= 15 is 0 Å². The molecular formula is C10H11ClN4O4S2. The van der Waals surface area contributed by atoms with E-state index in [9.17, 15) is 16.8 Å². The van der Waals surface area contributed by atoms with Crippen molar-refractivity contribution >= 4 is 37.3 Å². The Bertz CT molecular complexity index is 890. The third-order valence-electron chi connectivity index (χ3n) is 2.56. The molecule has 0 aliphatic carbocycles. The van der Waals surface area contributed by atoms with Crippen LogP contribution in [0.5, 0.6) is 0 Å². The maximum absolute atomic E-state index is 12.1. The quantitative estimate of drug-likeness (QED) is 0.831. The van der Waals surface area contributed by atoms with E-state index in [0.29, 0.717) is 0 Å². The van der Waals surface area contributed by atoms with Crippen molar-refractivity contribution in [1.29, 1.82) is 0 Å². The molecule has 1 aromatic heterocycles. The van der Waals surface area contributed by atoms with Gasteiger partial charge < -0.3 is 0 Å². The highest BCUT2D eigenvalue weighted by Gasteiger charge is 2.20. The number of primary sulfonamides is 1. The van der Waals surface area contributed by atoms with Crippen LogP contribution in [0.3, 0.4) is 0 Å². The van der Waals surface area contributed by atoms with Crippen molar-refractivity contribution in [3.63, 3.8) is 0 Å². The van der Waals surface area contributed by atoms with Crippen LogP contribution in [0.1, 0.15) is 0 Å². The van der Waals surface area contributed by atoms with Gasteiger partial charge in [-0.15, -0.1) is 0 Å². The summed E-state index contributed by atoms with van der Waals surface area (Å²) in [7, 11) is -6.33. The van der Waals surface area contributed by atoms with E-state index < -0.39 is 20.0 Å². The maximum atomic E-state index is 12.1. The normalized spacial score (nSPS) is 12.3. The second-order valence-electron chi connectivity index (χ2n) is 4.09. The fourth-order valence-corrected chi connectivity index (χ4v) is 3.67. The predicted molar refractivity (Wildman–Crippen MR) is 76.8 cm³/mol. The van der Waals surface area contributed by atoms with Gasteiger partial charge >= 0.3 is 0 Å². The van der Waals surface area contributed by atoms with E-state index in [2.05, 4.69) is 9.82 Å². The molecule has 2 rings (SSSR count). The van der Waals surface area contributed by atoms with E-state index in [1.54, 1.807) is 0 Å². The summed E-state index contributed by atoms with van der Waals surface area (Å²) in [5.41, 5.74) is 0.0327. The van der Waals surface area contributed by atoms with Crippen LogP contribution in [0, 0.1) is 0 Å². The highest BCUT2D eigenvalue weighted by molar-refractivity contribution is 7.92. The van der Waals surface area contributed by atoms with E-state index in [-0.39, 0.29) is 20.6 Å². The standard InChI is InChI=1S/C10H11ClN4O4S2/c1-15-10(4-5-13-15)21(18,19)14-9-3-2-7(6-8(9)11)20(12,16)17/h2-6,14H,1H3,(H2,12,16,17). The van der Waals surface area contributed by atoms with E-state index in [4.69, 9.17) is 16.7 Å². The molecule has 0 bridgehead atoms. The zero-order valence-corrected chi connectivity index (χ0v) is 13.1. The molecule has 0 amide bonds. The minimum atomic E-state index is -3.91. The van der Waals surface area contributed by atoms with Crippen molar-refractivity contribution < 1.29 is 16.8 Å². The highest BCUT2D eigenvalue weighted by atomic mass is 35.5. The molecule has 1 aromatic carbocycles. The summed E-state index contributed by atoms with van der Waals surface area (Å²) in [5.74, 6) is 0. The van der Waals surface area contributed by atoms with Gasteiger partial charge in [-0.2, -0.15) is 13.5 Å². The maximum Gasteiger partial charge on any atom is 0.279 e. The number of nitrogens with one attached hydrogen (secondary N) is 1. The van der Waals surface area contributed by atoms with Gasteiger partial charge in [0.1, 0.15) is 0 Å². The SMILES string of the molecule is Cn1nccc1S(=O)(=O)Nc1ccc(S(N)(=O)=O)cc1Cl. The second kappa shape index (κ2) is 5.30. The smallest absolute Gasteiger partial charge is 0.277 e. The third kappa shape index (κ3) is 3.35. The second-order valence-corrected chi connectivity index (χ2v) is 7.68. The summed E-state index contributed by atoms with van der Waals surface area (Å²) in [6.45, 7) is 0. The van der Waals surface area contributed by atoms with Crippen molar-refractivity contribution in [2.45, 2.75) is 9.92 Å². The molecular weight excluding hydrogens is 340 g/mol.